The maximum Gasteiger partial charge on any atom is 0.290 e. The zero-order chi connectivity index (χ0) is 8.27. The fourth-order valence-corrected chi connectivity index (χ4v) is 1.06. The van der Waals surface area contributed by atoms with Gasteiger partial charge in [0.2, 0.25) is 0 Å². The van der Waals surface area contributed by atoms with E-state index in [2.05, 4.69) is 4.98 Å². The molecule has 0 aromatic carbocycles. The molecule has 1 aromatic heterocycles. The predicted octanol–water partition coefficient (Wildman–Crippen LogP) is 2.70. The molecule has 0 spiro atoms. The van der Waals surface area contributed by atoms with Gasteiger partial charge < -0.3 is 0 Å². The third kappa shape index (κ3) is 2.84. The van der Waals surface area contributed by atoms with Crippen LogP contribution in [0.5, 0.6) is 0 Å². The Labute approximate surface area is 67.8 Å². The van der Waals surface area contributed by atoms with E-state index in [4.69, 9.17) is 0 Å². The van der Waals surface area contributed by atoms with Gasteiger partial charge in [-0.1, -0.05) is 6.07 Å². The van der Waals surface area contributed by atoms with Crippen molar-refractivity contribution in [2.24, 2.45) is 0 Å². The maximum atomic E-state index is 11.7. The summed E-state index contributed by atoms with van der Waals surface area (Å²) >= 11 is 0.463. The van der Waals surface area contributed by atoms with Gasteiger partial charge in [0, 0.05) is 6.20 Å². The Balaban J connectivity index is 2.66. The third-order valence-electron chi connectivity index (χ3n) is 1.09. The number of hydrogen-bond donors (Lipinski definition) is 0. The number of thioether (sulfide) groups is 1. The van der Waals surface area contributed by atoms with Crippen LogP contribution in [0.15, 0.2) is 23.4 Å². The Morgan fingerprint density at radius 2 is 2.18 bits per heavy atom. The first kappa shape index (κ1) is 8.46. The highest BCUT2D eigenvalue weighted by Gasteiger charge is 2.04. The normalized spacial score (nSPS) is 10.5. The van der Waals surface area contributed by atoms with Crippen LogP contribution in [0, 0.1) is 6.92 Å². The van der Waals surface area contributed by atoms with E-state index in [1.807, 2.05) is 6.92 Å². The first-order chi connectivity index (χ1) is 5.18. The van der Waals surface area contributed by atoms with E-state index in [1.165, 1.54) is 0 Å². The number of halogens is 2. The minimum Gasteiger partial charge on any atom is -0.249 e. The van der Waals surface area contributed by atoms with E-state index in [9.17, 15) is 8.78 Å². The van der Waals surface area contributed by atoms with Crippen molar-refractivity contribution in [3.63, 3.8) is 0 Å². The third-order valence-corrected chi connectivity index (χ3v) is 1.76. The minimum atomic E-state index is -2.38. The quantitative estimate of drug-likeness (QED) is 0.641. The lowest BCUT2D eigenvalue weighted by Crippen LogP contribution is -1.85. The molecular formula is C7H7F2NS. The van der Waals surface area contributed by atoms with Gasteiger partial charge in [0.05, 0.1) is 0 Å². The van der Waals surface area contributed by atoms with Crippen LogP contribution in [0.4, 0.5) is 8.78 Å². The molecule has 11 heavy (non-hydrogen) atoms. The molecule has 0 bridgehead atoms. The molecule has 0 N–H and O–H groups in total. The summed E-state index contributed by atoms with van der Waals surface area (Å²) in [5, 5.41) is 0.366. The number of pyridine rings is 1. The number of alkyl halides is 2. The van der Waals surface area contributed by atoms with Crippen LogP contribution < -0.4 is 0 Å². The van der Waals surface area contributed by atoms with Crippen LogP contribution in [0.25, 0.3) is 0 Å². The Morgan fingerprint density at radius 3 is 2.64 bits per heavy atom. The Kier molecular flexibility index (Phi) is 2.82. The molecule has 0 aliphatic rings. The topological polar surface area (TPSA) is 12.9 Å². The monoisotopic (exact) mass is 175 g/mol. The zero-order valence-corrected chi connectivity index (χ0v) is 6.74. The molecule has 0 aliphatic carbocycles. The smallest absolute Gasteiger partial charge is 0.249 e. The maximum absolute atomic E-state index is 11.7. The standard InChI is InChI=1S/C7H7F2NS/c1-5-2-3-6(10-4-5)11-7(8)9/h2-4,7H,1H3. The van der Waals surface area contributed by atoms with E-state index >= 15 is 0 Å². The van der Waals surface area contributed by atoms with Crippen molar-refractivity contribution in [2.45, 2.75) is 17.7 Å². The van der Waals surface area contributed by atoms with Crippen molar-refractivity contribution in [3.8, 4) is 0 Å². The summed E-state index contributed by atoms with van der Waals surface area (Å²) in [5.74, 6) is -2.38. The molecule has 1 heterocycles. The summed E-state index contributed by atoms with van der Waals surface area (Å²) in [6.07, 6.45) is 1.57. The number of hydrogen-bond acceptors (Lipinski definition) is 2. The molecule has 0 aliphatic heterocycles. The van der Waals surface area contributed by atoms with Crippen molar-refractivity contribution in [3.05, 3.63) is 23.9 Å². The highest BCUT2D eigenvalue weighted by molar-refractivity contribution is 7.99. The van der Waals surface area contributed by atoms with E-state index in [0.717, 1.165) is 5.56 Å². The lowest BCUT2D eigenvalue weighted by Gasteiger charge is -1.97. The molecule has 0 amide bonds. The molecule has 0 saturated heterocycles. The summed E-state index contributed by atoms with van der Waals surface area (Å²) < 4.78 is 23.5. The van der Waals surface area contributed by atoms with Gasteiger partial charge in [-0.3, -0.25) is 0 Å². The summed E-state index contributed by atoms with van der Waals surface area (Å²) in [6, 6.07) is 3.35. The molecule has 1 aromatic rings. The zero-order valence-electron chi connectivity index (χ0n) is 5.92. The van der Waals surface area contributed by atoms with Gasteiger partial charge in [-0.2, -0.15) is 8.78 Å². The SMILES string of the molecule is Cc1ccc(SC(F)F)nc1. The average molecular weight is 175 g/mol. The Morgan fingerprint density at radius 1 is 1.45 bits per heavy atom. The van der Waals surface area contributed by atoms with E-state index < -0.39 is 5.76 Å². The van der Waals surface area contributed by atoms with Crippen LogP contribution in [0.2, 0.25) is 0 Å². The molecule has 0 saturated carbocycles. The molecule has 4 heteroatoms. The second kappa shape index (κ2) is 3.67. The minimum absolute atomic E-state index is 0.366. The van der Waals surface area contributed by atoms with Gasteiger partial charge in [0.15, 0.2) is 0 Å². The van der Waals surface area contributed by atoms with E-state index in [-0.39, 0.29) is 0 Å². The second-order valence-electron chi connectivity index (χ2n) is 2.05. The van der Waals surface area contributed by atoms with Crippen LogP contribution in [-0.4, -0.2) is 10.7 Å². The number of rotatable bonds is 2. The molecule has 0 unspecified atom stereocenters. The number of nitrogens with zero attached hydrogens (tertiary/aromatic N) is 1. The molecule has 1 nitrogen and oxygen atoms in total. The molecular weight excluding hydrogens is 168 g/mol. The first-order valence-corrected chi connectivity index (χ1v) is 3.94. The number of aryl methyl sites for hydroxylation is 1. The van der Waals surface area contributed by atoms with Crippen LogP contribution in [0.1, 0.15) is 5.56 Å². The van der Waals surface area contributed by atoms with Crippen LogP contribution >= 0.6 is 11.8 Å². The Hall–Kier alpha value is -0.640. The van der Waals surface area contributed by atoms with Crippen molar-refractivity contribution < 1.29 is 8.78 Å². The second-order valence-corrected chi connectivity index (χ2v) is 3.06. The van der Waals surface area contributed by atoms with E-state index in [1.54, 1.807) is 18.3 Å². The Bertz CT molecular complexity index is 222. The number of aromatic nitrogens is 1. The van der Waals surface area contributed by atoms with Gasteiger partial charge in [-0.25, -0.2) is 4.98 Å². The fraction of sp³-hybridized carbons (Fsp3) is 0.286. The molecule has 60 valence electrons. The fourth-order valence-electron chi connectivity index (χ4n) is 0.615. The summed E-state index contributed by atoms with van der Waals surface area (Å²) in [4.78, 5) is 3.80. The lowest BCUT2D eigenvalue weighted by molar-refractivity contribution is 0.252. The van der Waals surface area contributed by atoms with Crippen molar-refractivity contribution in [2.75, 3.05) is 0 Å². The largest absolute Gasteiger partial charge is 0.290 e. The highest BCUT2D eigenvalue weighted by atomic mass is 32.2. The lowest BCUT2D eigenvalue weighted by atomic mass is 10.3. The van der Waals surface area contributed by atoms with Gasteiger partial charge >= 0.3 is 0 Å². The summed E-state index contributed by atoms with van der Waals surface area (Å²) in [5.41, 5.74) is 0.976. The van der Waals surface area contributed by atoms with Crippen molar-refractivity contribution >= 4 is 11.8 Å². The summed E-state index contributed by atoms with van der Waals surface area (Å²) in [6.45, 7) is 1.86. The molecule has 0 radical (unpaired) electrons. The molecule has 0 atom stereocenters. The van der Waals surface area contributed by atoms with Crippen LogP contribution in [-0.2, 0) is 0 Å². The van der Waals surface area contributed by atoms with Gasteiger partial charge in [0.25, 0.3) is 5.76 Å². The van der Waals surface area contributed by atoms with Crippen LogP contribution in [0.3, 0.4) is 0 Å². The van der Waals surface area contributed by atoms with Gasteiger partial charge in [0.1, 0.15) is 5.03 Å². The first-order valence-electron chi connectivity index (χ1n) is 3.06. The summed E-state index contributed by atoms with van der Waals surface area (Å²) in [7, 11) is 0. The molecule has 0 fully saturated rings. The van der Waals surface area contributed by atoms with Gasteiger partial charge in [-0.15, -0.1) is 0 Å². The average Bonchev–Trinajstić information content (AvgIpc) is 1.93. The molecule has 1 rings (SSSR count). The van der Waals surface area contributed by atoms with Crippen molar-refractivity contribution in [1.29, 1.82) is 0 Å². The van der Waals surface area contributed by atoms with Crippen molar-refractivity contribution in [1.82, 2.24) is 4.98 Å². The van der Waals surface area contributed by atoms with Gasteiger partial charge in [-0.05, 0) is 30.3 Å². The van der Waals surface area contributed by atoms with E-state index in [0.29, 0.717) is 16.8 Å². The predicted molar refractivity (Wildman–Crippen MR) is 40.8 cm³/mol. The highest BCUT2D eigenvalue weighted by Crippen LogP contribution is 2.22.